The van der Waals surface area contributed by atoms with Crippen molar-refractivity contribution in [1.29, 1.82) is 0 Å². The highest BCUT2D eigenvalue weighted by molar-refractivity contribution is 6.31. The number of aliphatic hydroxyl groups is 1. The Kier molecular flexibility index (Phi) is 7.56. The van der Waals surface area contributed by atoms with Crippen molar-refractivity contribution in [3.63, 3.8) is 0 Å². The lowest BCUT2D eigenvalue weighted by molar-refractivity contribution is -0.167. The maximum Gasteiger partial charge on any atom is 0.313 e. The first-order valence-electron chi connectivity index (χ1n) is 8.72. The van der Waals surface area contributed by atoms with Gasteiger partial charge in [-0.15, -0.1) is 0 Å². The van der Waals surface area contributed by atoms with E-state index in [1.807, 2.05) is 0 Å². The van der Waals surface area contributed by atoms with Crippen LogP contribution < -0.4 is 5.32 Å². The summed E-state index contributed by atoms with van der Waals surface area (Å²) in [4.78, 5) is 40.1. The molecule has 0 saturated heterocycles. The molecule has 1 amide bonds. The smallest absolute Gasteiger partial charge is 0.313 e. The molecule has 0 radical (unpaired) electrons. The van der Waals surface area contributed by atoms with Crippen LogP contribution in [-0.2, 0) is 19.1 Å². The number of hydrogen-bond acceptors (Lipinski definition) is 6. The number of aliphatic carboxylic acids is 1. The predicted octanol–water partition coefficient (Wildman–Crippen LogP) is 3.19. The van der Waals surface area contributed by atoms with Crippen molar-refractivity contribution in [3.05, 3.63) is 22.8 Å². The number of ether oxygens (including phenoxy) is 1. The number of hydrogen-bond donors (Lipinski definition) is 3. The van der Waals surface area contributed by atoms with Gasteiger partial charge in [0, 0.05) is 17.2 Å². The molecule has 0 saturated carbocycles. The molecule has 1 rings (SSSR count). The first-order chi connectivity index (χ1) is 12.6. The number of carbonyl (C=O) groups excluding carboxylic acids is 2. The Morgan fingerprint density at radius 3 is 2.25 bits per heavy atom. The van der Waals surface area contributed by atoms with Gasteiger partial charge in [-0.2, -0.15) is 0 Å². The van der Waals surface area contributed by atoms with Gasteiger partial charge in [0.2, 0.25) is 5.91 Å². The summed E-state index contributed by atoms with van der Waals surface area (Å²) in [7, 11) is 0. The number of pyridine rings is 1. The molecule has 2 unspecified atom stereocenters. The molecule has 9 heteroatoms. The Balaban J connectivity index is 3.35. The van der Waals surface area contributed by atoms with Gasteiger partial charge in [0.15, 0.2) is 0 Å². The van der Waals surface area contributed by atoms with Crippen LogP contribution in [0.25, 0.3) is 0 Å². The first-order valence-corrected chi connectivity index (χ1v) is 9.10. The van der Waals surface area contributed by atoms with Gasteiger partial charge in [-0.1, -0.05) is 32.4 Å². The number of nitrogens with one attached hydrogen (secondary N) is 1. The third-order valence-corrected chi connectivity index (χ3v) is 3.96. The number of halogens is 1. The Bertz CT molecular complexity index is 752. The van der Waals surface area contributed by atoms with Crippen LogP contribution in [0.1, 0.15) is 59.6 Å². The fourth-order valence-corrected chi connectivity index (χ4v) is 2.47. The third-order valence-electron chi connectivity index (χ3n) is 3.63. The molecule has 0 aliphatic rings. The van der Waals surface area contributed by atoms with Crippen molar-refractivity contribution in [1.82, 2.24) is 4.98 Å². The highest BCUT2D eigenvalue weighted by atomic mass is 35.5. The van der Waals surface area contributed by atoms with E-state index in [-0.39, 0.29) is 22.3 Å². The molecule has 3 N–H and O–H groups in total. The zero-order chi connectivity index (χ0) is 21.9. The average molecular weight is 415 g/mol. The summed E-state index contributed by atoms with van der Waals surface area (Å²) in [6, 6.07) is 1.37. The Morgan fingerprint density at radius 1 is 1.21 bits per heavy atom. The van der Waals surface area contributed by atoms with E-state index >= 15 is 0 Å². The summed E-state index contributed by atoms with van der Waals surface area (Å²) in [5.74, 6) is -4.06. The van der Waals surface area contributed by atoms with E-state index in [2.05, 4.69) is 10.3 Å². The Labute approximate surface area is 169 Å². The molecular formula is C19H27ClN2O6. The lowest BCUT2D eigenvalue weighted by atomic mass is 9.92. The molecule has 156 valence electrons. The van der Waals surface area contributed by atoms with Crippen molar-refractivity contribution in [2.45, 2.75) is 59.7 Å². The summed E-state index contributed by atoms with van der Waals surface area (Å²) < 4.78 is 5.25. The normalized spacial score (nSPS) is 14.1. The van der Waals surface area contributed by atoms with Crippen molar-refractivity contribution in [2.75, 3.05) is 5.32 Å². The Hall–Kier alpha value is -2.19. The highest BCUT2D eigenvalue weighted by Gasteiger charge is 2.37. The standard InChI is InChI=1S/C19H27ClN2O6/c1-18(2,3)17(27)22-15-13(11(20)7-8-21-15)14(25)10(9-12(23)24)16(26)28-19(4,5)6/h7-8,10,14,25H,9H2,1-6H3,(H,23,24)(H,21,22,27). The third kappa shape index (κ3) is 6.76. The van der Waals surface area contributed by atoms with E-state index in [0.717, 1.165) is 0 Å². The quantitative estimate of drug-likeness (QED) is 0.610. The van der Waals surface area contributed by atoms with E-state index in [1.54, 1.807) is 41.5 Å². The van der Waals surface area contributed by atoms with E-state index in [9.17, 15) is 24.6 Å². The minimum atomic E-state index is -1.65. The minimum absolute atomic E-state index is 0.0330. The van der Waals surface area contributed by atoms with Gasteiger partial charge >= 0.3 is 11.9 Å². The number of rotatable bonds is 6. The van der Waals surface area contributed by atoms with Crippen LogP contribution >= 0.6 is 11.6 Å². The topological polar surface area (TPSA) is 126 Å². The monoisotopic (exact) mass is 414 g/mol. The molecule has 2 atom stereocenters. The largest absolute Gasteiger partial charge is 0.481 e. The number of esters is 1. The van der Waals surface area contributed by atoms with Crippen molar-refractivity contribution in [2.24, 2.45) is 11.3 Å². The summed E-state index contributed by atoms with van der Waals surface area (Å²) in [5, 5.41) is 22.6. The Morgan fingerprint density at radius 2 is 1.79 bits per heavy atom. The second-order valence-corrected chi connectivity index (χ2v) is 8.85. The van der Waals surface area contributed by atoms with Crippen LogP contribution in [0.4, 0.5) is 5.82 Å². The fraction of sp³-hybridized carbons (Fsp3) is 0.579. The number of aromatic nitrogens is 1. The number of aliphatic hydroxyl groups excluding tert-OH is 1. The van der Waals surface area contributed by atoms with Gasteiger partial charge in [0.1, 0.15) is 11.4 Å². The molecule has 1 heterocycles. The SMILES string of the molecule is CC(C)(C)OC(=O)C(CC(=O)O)C(O)c1c(Cl)ccnc1NC(=O)C(C)(C)C. The van der Waals surface area contributed by atoms with Crippen LogP contribution in [0.15, 0.2) is 12.3 Å². The number of carbonyl (C=O) groups is 3. The van der Waals surface area contributed by atoms with E-state index in [4.69, 9.17) is 16.3 Å². The molecule has 0 spiro atoms. The second kappa shape index (κ2) is 8.87. The van der Waals surface area contributed by atoms with E-state index in [0.29, 0.717) is 0 Å². The van der Waals surface area contributed by atoms with Crippen molar-refractivity contribution >= 4 is 35.3 Å². The number of amides is 1. The van der Waals surface area contributed by atoms with Gasteiger partial charge in [-0.25, -0.2) is 4.98 Å². The zero-order valence-corrected chi connectivity index (χ0v) is 17.6. The van der Waals surface area contributed by atoms with Gasteiger partial charge in [0.05, 0.1) is 23.5 Å². The van der Waals surface area contributed by atoms with Crippen LogP contribution in [-0.4, -0.2) is 38.6 Å². The summed E-state index contributed by atoms with van der Waals surface area (Å²) >= 11 is 6.19. The van der Waals surface area contributed by atoms with Crippen molar-refractivity contribution < 1.29 is 29.3 Å². The summed E-state index contributed by atoms with van der Waals surface area (Å²) in [5.41, 5.74) is -1.67. The first kappa shape index (κ1) is 23.8. The average Bonchev–Trinajstić information content (AvgIpc) is 2.49. The van der Waals surface area contributed by atoms with Gasteiger partial charge < -0.3 is 20.3 Å². The highest BCUT2D eigenvalue weighted by Crippen LogP contribution is 2.36. The van der Waals surface area contributed by atoms with Gasteiger partial charge in [-0.3, -0.25) is 14.4 Å². The maximum absolute atomic E-state index is 12.5. The molecule has 8 nitrogen and oxygen atoms in total. The predicted molar refractivity (Wildman–Crippen MR) is 104 cm³/mol. The lowest BCUT2D eigenvalue weighted by Crippen LogP contribution is -2.34. The maximum atomic E-state index is 12.5. The fourth-order valence-electron chi connectivity index (χ4n) is 2.22. The van der Waals surface area contributed by atoms with Crippen LogP contribution in [0.2, 0.25) is 5.02 Å². The summed E-state index contributed by atoms with van der Waals surface area (Å²) in [6.45, 7) is 9.95. The molecule has 0 aromatic carbocycles. The van der Waals surface area contributed by atoms with Crippen molar-refractivity contribution in [3.8, 4) is 0 Å². The van der Waals surface area contributed by atoms with E-state index < -0.39 is 41.4 Å². The second-order valence-electron chi connectivity index (χ2n) is 8.44. The number of nitrogens with zero attached hydrogens (tertiary/aromatic N) is 1. The molecule has 0 aliphatic carbocycles. The molecule has 0 fully saturated rings. The molecule has 0 aliphatic heterocycles. The van der Waals surface area contributed by atoms with E-state index in [1.165, 1.54) is 12.3 Å². The summed E-state index contributed by atoms with van der Waals surface area (Å²) in [6.07, 6.45) is -1.01. The molecule has 1 aromatic heterocycles. The number of carboxylic acids is 1. The molecular weight excluding hydrogens is 388 g/mol. The van der Waals surface area contributed by atoms with Gasteiger partial charge in [0.25, 0.3) is 0 Å². The lowest BCUT2D eigenvalue weighted by Gasteiger charge is -2.27. The van der Waals surface area contributed by atoms with Crippen LogP contribution in [0.5, 0.6) is 0 Å². The molecule has 1 aromatic rings. The zero-order valence-electron chi connectivity index (χ0n) is 16.9. The molecule has 0 bridgehead atoms. The molecule has 28 heavy (non-hydrogen) atoms. The van der Waals surface area contributed by atoms with Crippen LogP contribution in [0.3, 0.4) is 0 Å². The van der Waals surface area contributed by atoms with Gasteiger partial charge in [-0.05, 0) is 26.8 Å². The van der Waals surface area contributed by atoms with Crippen LogP contribution in [0, 0.1) is 11.3 Å². The number of anilines is 1. The number of carboxylic acid groups (broad SMARTS) is 1. The minimum Gasteiger partial charge on any atom is -0.481 e.